The number of urea groups is 1. The molecule has 2 amide bonds. The van der Waals surface area contributed by atoms with Crippen LogP contribution < -0.4 is 14.8 Å². The van der Waals surface area contributed by atoms with Crippen molar-refractivity contribution in [2.24, 2.45) is 0 Å². The Morgan fingerprint density at radius 3 is 2.61 bits per heavy atom. The molecule has 41 heavy (non-hydrogen) atoms. The number of imidazole rings is 1. The zero-order chi connectivity index (χ0) is 28.8. The predicted octanol–water partition coefficient (Wildman–Crippen LogP) is 5.21. The normalized spacial score (nSPS) is 11.8. The maximum Gasteiger partial charge on any atom is 0.321 e. The summed E-state index contributed by atoms with van der Waals surface area (Å²) in [7, 11) is 5.05. The van der Waals surface area contributed by atoms with Crippen molar-refractivity contribution in [2.75, 3.05) is 26.5 Å². The minimum atomic E-state index is -0.566. The highest BCUT2D eigenvalue weighted by Crippen LogP contribution is 2.34. The summed E-state index contributed by atoms with van der Waals surface area (Å²) in [5.74, 6) is 2.57. The van der Waals surface area contributed by atoms with Gasteiger partial charge in [0.25, 0.3) is 0 Å². The van der Waals surface area contributed by atoms with Gasteiger partial charge in [-0.2, -0.15) is 5.21 Å². The van der Waals surface area contributed by atoms with Crippen LogP contribution in [0.2, 0.25) is 0 Å². The number of hydrogen-bond acceptors (Lipinski definition) is 7. The molecule has 0 bridgehead atoms. The van der Waals surface area contributed by atoms with Crippen LogP contribution in [-0.4, -0.2) is 62.3 Å². The Morgan fingerprint density at radius 2 is 1.90 bits per heavy atom. The smallest absolute Gasteiger partial charge is 0.321 e. The number of fused-ring (bicyclic) bond motifs is 1. The predicted molar refractivity (Wildman–Crippen MR) is 156 cm³/mol. The number of aromatic nitrogens is 6. The fourth-order valence-electron chi connectivity index (χ4n) is 4.58. The largest absolute Gasteiger partial charge is 0.493 e. The van der Waals surface area contributed by atoms with Crippen molar-refractivity contribution in [3.63, 3.8) is 0 Å². The number of tetrazole rings is 1. The number of nitrogens with zero attached hydrogens (tertiary/aromatic N) is 6. The molecular weight excluding hydrogens is 520 g/mol. The lowest BCUT2D eigenvalue weighted by Gasteiger charge is -2.19. The number of anilines is 1. The molecular formula is C30H34N8O3. The zero-order valence-electron chi connectivity index (χ0n) is 23.7. The molecule has 5 rings (SSSR count). The Bertz CT molecular complexity index is 1600. The number of aromatic amines is 1. The molecule has 0 aliphatic rings. The van der Waals surface area contributed by atoms with E-state index in [1.54, 1.807) is 21.2 Å². The summed E-state index contributed by atoms with van der Waals surface area (Å²) in [5.41, 5.74) is 4.46. The van der Waals surface area contributed by atoms with Gasteiger partial charge in [-0.05, 0) is 42.3 Å². The van der Waals surface area contributed by atoms with Gasteiger partial charge in [0.05, 0.1) is 18.1 Å². The van der Waals surface area contributed by atoms with E-state index in [0.717, 1.165) is 47.2 Å². The number of nitrogens with one attached hydrogen (secondary N) is 2. The lowest BCUT2D eigenvalue weighted by Crippen LogP contribution is -2.27. The second-order valence-corrected chi connectivity index (χ2v) is 9.91. The third kappa shape index (κ3) is 6.29. The molecule has 0 aliphatic heterocycles. The van der Waals surface area contributed by atoms with E-state index in [9.17, 15) is 4.79 Å². The van der Waals surface area contributed by atoms with E-state index in [2.05, 4.69) is 37.4 Å². The number of ether oxygens (including phenoxy) is 2. The van der Waals surface area contributed by atoms with Crippen LogP contribution in [0, 0.1) is 0 Å². The van der Waals surface area contributed by atoms with Crippen LogP contribution in [0.5, 0.6) is 11.5 Å². The minimum Gasteiger partial charge on any atom is -0.493 e. The van der Waals surface area contributed by atoms with Crippen LogP contribution in [0.3, 0.4) is 0 Å². The van der Waals surface area contributed by atoms with Crippen molar-refractivity contribution in [3.8, 4) is 11.5 Å². The highest BCUT2D eigenvalue weighted by molar-refractivity contribution is 5.91. The highest BCUT2D eigenvalue weighted by Gasteiger charge is 2.23. The molecule has 0 spiro atoms. The summed E-state index contributed by atoms with van der Waals surface area (Å²) >= 11 is 0. The first-order chi connectivity index (χ1) is 20.0. The summed E-state index contributed by atoms with van der Waals surface area (Å²) in [6.07, 6.45) is 2.38. The molecule has 3 aromatic carbocycles. The first-order valence-corrected chi connectivity index (χ1v) is 13.6. The van der Waals surface area contributed by atoms with Gasteiger partial charge < -0.3 is 24.3 Å². The number of carbonyl (C=O) groups is 1. The molecule has 0 fully saturated rings. The second kappa shape index (κ2) is 12.5. The van der Waals surface area contributed by atoms with Gasteiger partial charge in [-0.3, -0.25) is 0 Å². The zero-order valence-corrected chi connectivity index (χ0v) is 23.7. The summed E-state index contributed by atoms with van der Waals surface area (Å²) < 4.78 is 14.4. The maximum absolute atomic E-state index is 12.3. The van der Waals surface area contributed by atoms with E-state index in [4.69, 9.17) is 14.5 Å². The summed E-state index contributed by atoms with van der Waals surface area (Å²) in [6.45, 7) is 2.74. The summed E-state index contributed by atoms with van der Waals surface area (Å²) in [4.78, 5) is 18.7. The van der Waals surface area contributed by atoms with E-state index >= 15 is 0 Å². The van der Waals surface area contributed by atoms with Crippen LogP contribution in [-0.2, 0) is 13.0 Å². The van der Waals surface area contributed by atoms with Gasteiger partial charge >= 0.3 is 6.03 Å². The number of rotatable bonds is 11. The first kappa shape index (κ1) is 27.6. The molecule has 0 radical (unpaired) electrons. The van der Waals surface area contributed by atoms with Crippen molar-refractivity contribution in [3.05, 3.63) is 89.5 Å². The average Bonchev–Trinajstić information content (AvgIpc) is 3.64. The lowest BCUT2D eigenvalue weighted by molar-refractivity contribution is 0.225. The Labute approximate surface area is 238 Å². The fourth-order valence-corrected chi connectivity index (χ4v) is 4.58. The van der Waals surface area contributed by atoms with Crippen LogP contribution in [0.25, 0.3) is 11.0 Å². The Morgan fingerprint density at radius 1 is 1.07 bits per heavy atom. The number of carbonyl (C=O) groups excluding carboxylic acids is 1. The summed E-state index contributed by atoms with van der Waals surface area (Å²) in [5, 5.41) is 17.5. The number of amides is 2. The van der Waals surface area contributed by atoms with Crippen molar-refractivity contribution >= 4 is 22.8 Å². The fraction of sp³-hybridized carbons (Fsp3) is 0.300. The van der Waals surface area contributed by atoms with Crippen molar-refractivity contribution in [1.82, 2.24) is 35.1 Å². The molecule has 1 atom stereocenters. The maximum atomic E-state index is 12.3. The van der Waals surface area contributed by atoms with E-state index in [1.165, 1.54) is 4.90 Å². The second-order valence-electron chi connectivity index (χ2n) is 9.91. The van der Waals surface area contributed by atoms with E-state index in [1.807, 2.05) is 66.7 Å². The summed E-state index contributed by atoms with van der Waals surface area (Å²) in [6, 6.07) is 21.3. The van der Waals surface area contributed by atoms with Gasteiger partial charge in [0.1, 0.15) is 5.82 Å². The number of hydrogen-bond donors (Lipinski definition) is 2. The van der Waals surface area contributed by atoms with Crippen LogP contribution in [0.4, 0.5) is 10.5 Å². The number of unbranched alkanes of at least 4 members (excludes halogenated alkanes) is 1. The molecule has 0 aliphatic carbocycles. The van der Waals surface area contributed by atoms with Crippen LogP contribution in [0.1, 0.15) is 48.6 Å². The quantitative estimate of drug-likeness (QED) is 0.230. The molecule has 212 valence electrons. The van der Waals surface area contributed by atoms with Crippen LogP contribution in [0.15, 0.2) is 66.7 Å². The SMILES string of the molecule is CCCCc1nc2ccc(NC(=O)N(C)C)cc2n1Cc1ccc(OC(c2ccccc2)c2nn[nH]n2)c(OC)c1. The number of aryl methyl sites for hydroxylation is 1. The third-order valence-electron chi connectivity index (χ3n) is 6.75. The van der Waals surface area contributed by atoms with Crippen molar-refractivity contribution in [1.29, 1.82) is 0 Å². The van der Waals surface area contributed by atoms with Gasteiger partial charge in [0.15, 0.2) is 17.6 Å². The van der Waals surface area contributed by atoms with Gasteiger partial charge in [-0.15, -0.1) is 10.2 Å². The Balaban J connectivity index is 1.47. The monoisotopic (exact) mass is 554 g/mol. The van der Waals surface area contributed by atoms with E-state index in [0.29, 0.717) is 29.6 Å². The molecule has 1 unspecified atom stereocenters. The number of benzene rings is 3. The van der Waals surface area contributed by atoms with Gasteiger partial charge in [-0.25, -0.2) is 9.78 Å². The molecule has 0 saturated carbocycles. The average molecular weight is 555 g/mol. The molecule has 0 saturated heterocycles. The molecule has 2 aromatic heterocycles. The van der Waals surface area contributed by atoms with Gasteiger partial charge in [0.2, 0.25) is 5.82 Å². The Hall–Kier alpha value is -4.93. The molecule has 11 nitrogen and oxygen atoms in total. The third-order valence-corrected chi connectivity index (χ3v) is 6.75. The molecule has 11 heteroatoms. The van der Waals surface area contributed by atoms with E-state index < -0.39 is 6.10 Å². The minimum absolute atomic E-state index is 0.184. The lowest BCUT2D eigenvalue weighted by atomic mass is 10.1. The number of H-pyrrole nitrogens is 1. The van der Waals surface area contributed by atoms with Crippen molar-refractivity contribution in [2.45, 2.75) is 38.8 Å². The standard InChI is InChI=1S/C30H34N8O3/c1-5-6-12-27-32-23-15-14-22(31-30(39)37(2)3)18-24(23)38(27)19-20-13-16-25(26(17-20)40-4)41-28(29-33-35-36-34-29)21-10-8-7-9-11-21/h7-11,13-18,28H,5-6,12,19H2,1-4H3,(H,31,39)(H,33,34,35,36). The highest BCUT2D eigenvalue weighted by atomic mass is 16.5. The Kier molecular flexibility index (Phi) is 8.42. The number of methoxy groups -OCH3 is 1. The van der Waals surface area contributed by atoms with Crippen LogP contribution >= 0.6 is 0 Å². The van der Waals surface area contributed by atoms with E-state index in [-0.39, 0.29) is 6.03 Å². The first-order valence-electron chi connectivity index (χ1n) is 13.6. The molecule has 2 N–H and O–H groups in total. The van der Waals surface area contributed by atoms with Crippen molar-refractivity contribution < 1.29 is 14.3 Å². The molecule has 2 heterocycles. The van der Waals surface area contributed by atoms with Gasteiger partial charge in [0, 0.05) is 38.3 Å². The molecule has 5 aromatic rings. The topological polar surface area (TPSA) is 123 Å². The van der Waals surface area contributed by atoms with Gasteiger partial charge in [-0.1, -0.05) is 55.0 Å².